The second-order valence-electron chi connectivity index (χ2n) is 7.40. The van der Waals surface area contributed by atoms with Gasteiger partial charge < -0.3 is 10.6 Å². The van der Waals surface area contributed by atoms with E-state index in [1.54, 1.807) is 0 Å². The number of nitro groups is 1. The van der Waals surface area contributed by atoms with Crippen molar-refractivity contribution in [1.29, 1.82) is 0 Å². The molecule has 11 nitrogen and oxygen atoms in total. The van der Waals surface area contributed by atoms with E-state index < -0.39 is 46.3 Å². The Morgan fingerprint density at radius 2 is 1.44 bits per heavy atom. The minimum Gasteiger partial charge on any atom is -0.302 e. The summed E-state index contributed by atoms with van der Waals surface area (Å²) in [5.74, 6) is -7.79. The van der Waals surface area contributed by atoms with E-state index >= 15 is 0 Å². The SMILES string of the molecule is C=CCN1C(=O)C(C(c2cccc([N+](=O)[O-])c2)C2C(=O)NC(=S)N(CC=C)C2=O)C(=O)NC1=S. The van der Waals surface area contributed by atoms with Crippen molar-refractivity contribution < 1.29 is 24.1 Å². The number of carbonyl (C=O) groups is 4. The number of hydrogen-bond donors (Lipinski definition) is 2. The second-order valence-corrected chi connectivity index (χ2v) is 8.17. The minimum absolute atomic E-state index is 0.0341. The fraction of sp³-hybridized carbons (Fsp3) is 0.238. The highest BCUT2D eigenvalue weighted by Crippen LogP contribution is 2.39. The van der Waals surface area contributed by atoms with Crippen molar-refractivity contribution in [3.05, 3.63) is 65.3 Å². The number of nitro benzene ring substituents is 1. The summed E-state index contributed by atoms with van der Waals surface area (Å²) < 4.78 is 0. The summed E-state index contributed by atoms with van der Waals surface area (Å²) in [6.45, 7) is 7.06. The molecule has 1 aromatic rings. The summed E-state index contributed by atoms with van der Waals surface area (Å²) in [4.78, 5) is 65.7. The maximum absolute atomic E-state index is 13.4. The van der Waals surface area contributed by atoms with Gasteiger partial charge in [0.15, 0.2) is 10.2 Å². The Kier molecular flexibility index (Phi) is 7.27. The average Bonchev–Trinajstić information content (AvgIpc) is 2.78. The number of nitrogens with one attached hydrogen (secondary N) is 2. The van der Waals surface area contributed by atoms with E-state index in [2.05, 4.69) is 23.8 Å². The number of amides is 4. The topological polar surface area (TPSA) is 142 Å². The molecular weight excluding hydrogens is 482 g/mol. The van der Waals surface area contributed by atoms with Crippen LogP contribution < -0.4 is 10.6 Å². The summed E-state index contributed by atoms with van der Waals surface area (Å²) >= 11 is 10.2. The molecule has 34 heavy (non-hydrogen) atoms. The summed E-state index contributed by atoms with van der Waals surface area (Å²) in [7, 11) is 0. The van der Waals surface area contributed by atoms with Crippen LogP contribution in [0.15, 0.2) is 49.6 Å². The average molecular weight is 502 g/mol. The number of rotatable bonds is 8. The van der Waals surface area contributed by atoms with E-state index in [-0.39, 0.29) is 34.6 Å². The lowest BCUT2D eigenvalue weighted by Gasteiger charge is -2.40. The van der Waals surface area contributed by atoms with Gasteiger partial charge in [0.25, 0.3) is 5.69 Å². The van der Waals surface area contributed by atoms with Crippen LogP contribution in [0.5, 0.6) is 0 Å². The van der Waals surface area contributed by atoms with Gasteiger partial charge in [-0.05, 0) is 30.0 Å². The van der Waals surface area contributed by atoms with Crippen LogP contribution in [-0.2, 0) is 19.2 Å². The van der Waals surface area contributed by atoms with Crippen molar-refractivity contribution >= 4 is 64.0 Å². The van der Waals surface area contributed by atoms with Crippen LogP contribution in [0.1, 0.15) is 11.5 Å². The molecule has 13 heteroatoms. The van der Waals surface area contributed by atoms with E-state index in [4.69, 9.17) is 24.4 Å². The lowest BCUT2D eigenvalue weighted by Crippen LogP contribution is -2.64. The first-order valence-electron chi connectivity index (χ1n) is 9.90. The third kappa shape index (κ3) is 4.47. The molecule has 2 atom stereocenters. The van der Waals surface area contributed by atoms with E-state index in [0.717, 1.165) is 15.9 Å². The maximum Gasteiger partial charge on any atom is 0.269 e. The van der Waals surface area contributed by atoms with Crippen LogP contribution >= 0.6 is 24.4 Å². The van der Waals surface area contributed by atoms with Gasteiger partial charge in [-0.1, -0.05) is 24.3 Å². The van der Waals surface area contributed by atoms with Crippen molar-refractivity contribution in [2.45, 2.75) is 5.92 Å². The molecule has 0 radical (unpaired) electrons. The van der Waals surface area contributed by atoms with Gasteiger partial charge in [-0.25, -0.2) is 0 Å². The molecule has 4 amide bonds. The van der Waals surface area contributed by atoms with Crippen molar-refractivity contribution in [3.8, 4) is 0 Å². The third-order valence-corrected chi connectivity index (χ3v) is 6.03. The molecule has 176 valence electrons. The van der Waals surface area contributed by atoms with E-state index in [1.807, 2.05) is 0 Å². The number of non-ortho nitro benzene ring substituents is 1. The van der Waals surface area contributed by atoms with E-state index in [9.17, 15) is 29.3 Å². The first-order chi connectivity index (χ1) is 16.1. The van der Waals surface area contributed by atoms with Crippen LogP contribution in [0.3, 0.4) is 0 Å². The predicted molar refractivity (Wildman–Crippen MR) is 128 cm³/mol. The monoisotopic (exact) mass is 501 g/mol. The summed E-state index contributed by atoms with van der Waals surface area (Å²) in [5.41, 5.74) is -0.263. The van der Waals surface area contributed by atoms with E-state index in [0.29, 0.717) is 0 Å². The molecule has 0 aliphatic carbocycles. The van der Waals surface area contributed by atoms with Crippen molar-refractivity contribution in [1.82, 2.24) is 20.4 Å². The Bertz CT molecular complexity index is 1090. The Morgan fingerprint density at radius 1 is 0.971 bits per heavy atom. The normalized spacial score (nSPS) is 21.6. The molecule has 1 aromatic carbocycles. The molecule has 2 fully saturated rings. The van der Waals surface area contributed by atoms with Crippen LogP contribution in [0.4, 0.5) is 5.69 Å². The first kappa shape index (κ1) is 24.8. The Labute approximate surface area is 204 Å². The molecule has 2 unspecified atom stereocenters. The molecule has 2 saturated heterocycles. The number of carbonyl (C=O) groups excluding carboxylic acids is 4. The van der Waals surface area contributed by atoms with Gasteiger partial charge in [0, 0.05) is 31.1 Å². The highest BCUT2D eigenvalue weighted by molar-refractivity contribution is 7.80. The fourth-order valence-electron chi connectivity index (χ4n) is 3.92. The highest BCUT2D eigenvalue weighted by atomic mass is 32.1. The summed E-state index contributed by atoms with van der Waals surface area (Å²) in [6, 6.07) is 5.09. The molecule has 0 bridgehead atoms. The molecular formula is C21H19N5O6S2. The summed E-state index contributed by atoms with van der Waals surface area (Å²) in [6.07, 6.45) is 2.79. The van der Waals surface area contributed by atoms with Crippen molar-refractivity contribution in [2.75, 3.05) is 13.1 Å². The van der Waals surface area contributed by atoms with Crippen LogP contribution in [0.25, 0.3) is 0 Å². The van der Waals surface area contributed by atoms with E-state index in [1.165, 1.54) is 30.4 Å². The zero-order valence-corrected chi connectivity index (χ0v) is 19.3. The number of nitrogens with zero attached hydrogens (tertiary/aromatic N) is 3. The molecule has 2 heterocycles. The molecule has 2 N–H and O–H groups in total. The first-order valence-corrected chi connectivity index (χ1v) is 10.7. The van der Waals surface area contributed by atoms with Gasteiger partial charge in [-0.15, -0.1) is 13.2 Å². The molecule has 2 aliphatic rings. The van der Waals surface area contributed by atoms with Gasteiger partial charge in [0.05, 0.1) is 4.92 Å². The third-order valence-electron chi connectivity index (χ3n) is 5.39. The number of hydrogen-bond acceptors (Lipinski definition) is 8. The quantitative estimate of drug-likeness (QED) is 0.175. The Morgan fingerprint density at radius 3 is 1.85 bits per heavy atom. The van der Waals surface area contributed by atoms with Gasteiger partial charge in [-0.2, -0.15) is 0 Å². The van der Waals surface area contributed by atoms with Gasteiger partial charge in [0.1, 0.15) is 11.8 Å². The number of benzene rings is 1. The fourth-order valence-corrected chi connectivity index (χ4v) is 4.45. The Balaban J connectivity index is 2.20. The zero-order valence-electron chi connectivity index (χ0n) is 17.6. The standard InChI is InChI=1S/C21H19N5O6S2/c1-3-8-24-18(29)14(16(27)22-20(24)33)13(11-6-5-7-12(10-11)26(31)32)15-17(28)23-21(34)25(9-4-2)19(15)30/h3-7,10,13-15H,1-2,8-9H2,(H,22,27,33)(H,23,28,34). The Hall–Kier alpha value is -3.84. The summed E-state index contributed by atoms with van der Waals surface area (Å²) in [5, 5.41) is 15.9. The van der Waals surface area contributed by atoms with Gasteiger partial charge in [-0.3, -0.25) is 39.1 Å². The van der Waals surface area contributed by atoms with Crippen LogP contribution in [0.2, 0.25) is 0 Å². The van der Waals surface area contributed by atoms with Crippen LogP contribution in [0, 0.1) is 22.0 Å². The largest absolute Gasteiger partial charge is 0.302 e. The number of thiocarbonyl (C=S) groups is 2. The molecule has 0 saturated carbocycles. The van der Waals surface area contributed by atoms with Gasteiger partial charge in [0.2, 0.25) is 23.6 Å². The minimum atomic E-state index is -1.59. The highest BCUT2D eigenvalue weighted by Gasteiger charge is 2.53. The van der Waals surface area contributed by atoms with Gasteiger partial charge >= 0.3 is 0 Å². The second kappa shape index (κ2) is 9.97. The lowest BCUT2D eigenvalue weighted by atomic mass is 9.73. The van der Waals surface area contributed by atoms with Crippen molar-refractivity contribution in [2.24, 2.45) is 11.8 Å². The maximum atomic E-state index is 13.4. The lowest BCUT2D eigenvalue weighted by molar-refractivity contribution is -0.384. The molecule has 2 aliphatic heterocycles. The van der Waals surface area contributed by atoms with Crippen molar-refractivity contribution in [3.63, 3.8) is 0 Å². The zero-order chi connectivity index (χ0) is 25.2. The molecule has 0 spiro atoms. The smallest absolute Gasteiger partial charge is 0.269 e. The molecule has 3 rings (SSSR count). The molecule has 0 aromatic heterocycles. The predicted octanol–water partition coefficient (Wildman–Crippen LogP) is 0.769. The van der Waals surface area contributed by atoms with Crippen LogP contribution in [-0.4, -0.2) is 61.7 Å².